The Balaban J connectivity index is 1.71. The number of carbonyl (C=O) groups is 2. The Morgan fingerprint density at radius 2 is 1.62 bits per heavy atom. The van der Waals surface area contributed by atoms with E-state index in [2.05, 4.69) is 0 Å². The molecular weight excluding hydrogens is 549 g/mol. The van der Waals surface area contributed by atoms with E-state index in [0.717, 1.165) is 11.1 Å². The van der Waals surface area contributed by atoms with Gasteiger partial charge in [0.2, 0.25) is 0 Å². The Morgan fingerprint density at radius 3 is 2.23 bits per heavy atom. The molecule has 9 heteroatoms. The minimum atomic E-state index is -0.507. The highest BCUT2D eigenvalue weighted by molar-refractivity contribution is 6.30. The summed E-state index contributed by atoms with van der Waals surface area (Å²) in [5.74, 6) is 1.68. The molecule has 2 atom stereocenters. The summed E-state index contributed by atoms with van der Waals surface area (Å²) in [5.41, 5.74) is 2.41. The van der Waals surface area contributed by atoms with Crippen molar-refractivity contribution in [2.75, 3.05) is 20.2 Å². The third kappa shape index (κ3) is 5.81. The van der Waals surface area contributed by atoms with Crippen molar-refractivity contribution in [2.24, 2.45) is 4.99 Å². The summed E-state index contributed by atoms with van der Waals surface area (Å²) in [7, 11) is 1.59. The predicted octanol–water partition coefficient (Wildman–Crippen LogP) is 7.12. The standard InChI is InChI=1S/C31H31Cl2N3O4/c1-19(2)40-27-17-25(39-3)14-15-26(27)30-34-28(20-6-10-22(32)11-7-20)29(21-8-12-23(33)13-9-21)36(30)31(38)35-16-4-5-24(37)18-35/h6-15,17,19,28-29H,4-5,16,18H2,1-3H3/t28-,29+/m0/s1. The van der Waals surface area contributed by atoms with Crippen LogP contribution < -0.4 is 9.47 Å². The second-order valence-corrected chi connectivity index (χ2v) is 11.1. The van der Waals surface area contributed by atoms with Crippen LogP contribution >= 0.6 is 23.2 Å². The molecule has 7 nitrogen and oxygen atoms in total. The fourth-order valence-corrected chi connectivity index (χ4v) is 5.43. The van der Waals surface area contributed by atoms with E-state index in [1.165, 1.54) is 0 Å². The van der Waals surface area contributed by atoms with Gasteiger partial charge in [-0.05, 0) is 67.8 Å². The van der Waals surface area contributed by atoms with E-state index >= 15 is 0 Å². The normalized spacial score (nSPS) is 19.1. The number of hydrogen-bond donors (Lipinski definition) is 0. The van der Waals surface area contributed by atoms with Gasteiger partial charge in [-0.25, -0.2) is 4.79 Å². The van der Waals surface area contributed by atoms with Gasteiger partial charge >= 0.3 is 6.03 Å². The van der Waals surface area contributed by atoms with Crippen LogP contribution in [0, 0.1) is 0 Å². The number of hydrogen-bond acceptors (Lipinski definition) is 5. The number of ketones is 1. The fourth-order valence-electron chi connectivity index (χ4n) is 5.17. The number of methoxy groups -OCH3 is 1. The molecular formula is C31H31Cl2N3O4. The molecule has 0 saturated carbocycles. The van der Waals surface area contributed by atoms with E-state index in [4.69, 9.17) is 37.7 Å². The van der Waals surface area contributed by atoms with Crippen LogP contribution in [0.5, 0.6) is 11.5 Å². The van der Waals surface area contributed by atoms with Crippen molar-refractivity contribution in [1.29, 1.82) is 0 Å². The number of benzene rings is 3. The first kappa shape index (κ1) is 28.0. The topological polar surface area (TPSA) is 71.4 Å². The van der Waals surface area contributed by atoms with Gasteiger partial charge in [-0.2, -0.15) is 0 Å². The average Bonchev–Trinajstić information content (AvgIpc) is 3.33. The smallest absolute Gasteiger partial charge is 0.326 e. The lowest BCUT2D eigenvalue weighted by atomic mass is 9.93. The predicted molar refractivity (Wildman–Crippen MR) is 157 cm³/mol. The third-order valence-electron chi connectivity index (χ3n) is 7.01. The molecule has 0 N–H and O–H groups in total. The van der Waals surface area contributed by atoms with Gasteiger partial charge in [-0.15, -0.1) is 0 Å². The van der Waals surface area contributed by atoms with E-state index in [1.54, 1.807) is 23.0 Å². The molecule has 5 rings (SSSR count). The molecule has 1 saturated heterocycles. The summed E-state index contributed by atoms with van der Waals surface area (Å²) in [6, 6.07) is 19.2. The van der Waals surface area contributed by atoms with Crippen molar-refractivity contribution in [1.82, 2.24) is 9.80 Å². The molecule has 0 unspecified atom stereocenters. The molecule has 2 amide bonds. The first-order valence-corrected chi connectivity index (χ1v) is 14.0. The Bertz CT molecular complexity index is 1420. The van der Waals surface area contributed by atoms with Crippen LogP contribution in [0.2, 0.25) is 10.0 Å². The summed E-state index contributed by atoms with van der Waals surface area (Å²) in [5, 5.41) is 1.20. The van der Waals surface area contributed by atoms with Crippen LogP contribution in [-0.4, -0.2) is 53.8 Å². The molecule has 2 heterocycles. The van der Waals surface area contributed by atoms with Crippen LogP contribution in [0.25, 0.3) is 0 Å². The molecule has 2 aliphatic rings. The summed E-state index contributed by atoms with van der Waals surface area (Å²) >= 11 is 12.5. The van der Waals surface area contributed by atoms with Crippen molar-refractivity contribution in [2.45, 2.75) is 44.9 Å². The quantitative estimate of drug-likeness (QED) is 0.311. The Hall–Kier alpha value is -3.55. The van der Waals surface area contributed by atoms with Crippen molar-refractivity contribution in [3.8, 4) is 11.5 Å². The van der Waals surface area contributed by atoms with Gasteiger partial charge in [0, 0.05) is 29.1 Å². The molecule has 0 radical (unpaired) electrons. The fraction of sp³-hybridized carbons (Fsp3) is 0.323. The van der Waals surface area contributed by atoms with Crippen molar-refractivity contribution in [3.63, 3.8) is 0 Å². The lowest BCUT2D eigenvalue weighted by Gasteiger charge is -2.35. The molecule has 3 aromatic rings. The van der Waals surface area contributed by atoms with Gasteiger partial charge in [0.1, 0.15) is 23.4 Å². The van der Waals surface area contributed by atoms with Crippen LogP contribution in [0.3, 0.4) is 0 Å². The van der Waals surface area contributed by atoms with Gasteiger partial charge in [-0.3, -0.25) is 14.7 Å². The second-order valence-electron chi connectivity index (χ2n) is 10.2. The van der Waals surface area contributed by atoms with Crippen LogP contribution in [0.4, 0.5) is 4.79 Å². The van der Waals surface area contributed by atoms with Gasteiger partial charge in [-0.1, -0.05) is 47.5 Å². The number of aliphatic imine (C=N–C) groups is 1. The average molecular weight is 581 g/mol. The number of piperidine rings is 1. The van der Waals surface area contributed by atoms with Crippen LogP contribution in [-0.2, 0) is 4.79 Å². The molecule has 40 heavy (non-hydrogen) atoms. The maximum Gasteiger partial charge on any atom is 0.326 e. The zero-order valence-electron chi connectivity index (χ0n) is 22.6. The minimum absolute atomic E-state index is 0.0443. The highest BCUT2D eigenvalue weighted by Crippen LogP contribution is 2.46. The SMILES string of the molecule is COc1ccc(C2=N[C@@H](c3ccc(Cl)cc3)[C@@H](c3ccc(Cl)cc3)N2C(=O)N2CCCC(=O)C2)c(OC(C)C)c1. The number of nitrogens with zero attached hydrogens (tertiary/aromatic N) is 3. The summed E-state index contributed by atoms with van der Waals surface area (Å²) in [6.07, 6.45) is 0.973. The molecule has 0 bridgehead atoms. The molecule has 208 valence electrons. The van der Waals surface area contributed by atoms with Crippen LogP contribution in [0.1, 0.15) is 55.5 Å². The number of Topliss-reactive ketones (excluding diaryl/α,β-unsaturated/α-hetero) is 1. The molecule has 1 fully saturated rings. The Kier molecular flexibility index (Phi) is 8.33. The van der Waals surface area contributed by atoms with Crippen molar-refractivity contribution < 1.29 is 19.1 Å². The Labute approximate surface area is 244 Å². The maximum absolute atomic E-state index is 14.4. The molecule has 3 aromatic carbocycles. The zero-order valence-corrected chi connectivity index (χ0v) is 24.2. The number of amides is 2. The van der Waals surface area contributed by atoms with Crippen LogP contribution in [0.15, 0.2) is 71.7 Å². The van der Waals surface area contributed by atoms with Gasteiger partial charge in [0.25, 0.3) is 0 Å². The summed E-state index contributed by atoms with van der Waals surface area (Å²) < 4.78 is 11.7. The monoisotopic (exact) mass is 579 g/mol. The van der Waals surface area contributed by atoms with E-state index in [9.17, 15) is 9.59 Å². The number of amidine groups is 1. The van der Waals surface area contributed by atoms with E-state index in [1.807, 2.05) is 74.5 Å². The second kappa shape index (κ2) is 11.9. The molecule has 2 aliphatic heterocycles. The number of likely N-dealkylation sites (tertiary alicyclic amines) is 1. The highest BCUT2D eigenvalue weighted by atomic mass is 35.5. The number of rotatable bonds is 6. The van der Waals surface area contributed by atoms with E-state index < -0.39 is 12.1 Å². The third-order valence-corrected chi connectivity index (χ3v) is 7.51. The lowest BCUT2D eigenvalue weighted by Crippen LogP contribution is -2.50. The first-order valence-electron chi connectivity index (χ1n) is 13.3. The van der Waals surface area contributed by atoms with Gasteiger partial charge < -0.3 is 14.4 Å². The number of urea groups is 1. The number of carbonyl (C=O) groups excluding carboxylic acids is 2. The largest absolute Gasteiger partial charge is 0.497 e. The number of halogens is 2. The molecule has 0 spiro atoms. The zero-order chi connectivity index (χ0) is 28.4. The van der Waals surface area contributed by atoms with Gasteiger partial charge in [0.15, 0.2) is 5.78 Å². The molecule has 0 aromatic heterocycles. The lowest BCUT2D eigenvalue weighted by molar-refractivity contribution is -0.121. The van der Waals surface area contributed by atoms with E-state index in [0.29, 0.717) is 52.3 Å². The first-order chi connectivity index (χ1) is 19.2. The Morgan fingerprint density at radius 1 is 0.975 bits per heavy atom. The molecule has 0 aliphatic carbocycles. The maximum atomic E-state index is 14.4. The van der Waals surface area contributed by atoms with Crippen molar-refractivity contribution >= 4 is 40.9 Å². The summed E-state index contributed by atoms with van der Waals surface area (Å²) in [6.45, 7) is 4.44. The summed E-state index contributed by atoms with van der Waals surface area (Å²) in [4.78, 5) is 35.3. The number of ether oxygens (including phenoxy) is 2. The van der Waals surface area contributed by atoms with Gasteiger partial charge in [0.05, 0.1) is 31.4 Å². The van der Waals surface area contributed by atoms with Crippen molar-refractivity contribution in [3.05, 3.63) is 93.5 Å². The highest BCUT2D eigenvalue weighted by Gasteiger charge is 2.45. The van der Waals surface area contributed by atoms with E-state index in [-0.39, 0.29) is 24.5 Å². The minimum Gasteiger partial charge on any atom is -0.497 e.